The van der Waals surface area contributed by atoms with Crippen molar-refractivity contribution in [3.8, 4) is 5.69 Å². The number of likely N-dealkylation sites (tertiary alicyclic amines) is 1. The van der Waals surface area contributed by atoms with Crippen LogP contribution in [0.1, 0.15) is 19.2 Å². The van der Waals surface area contributed by atoms with Crippen molar-refractivity contribution in [1.82, 2.24) is 30.3 Å². The summed E-state index contributed by atoms with van der Waals surface area (Å²) in [4.78, 5) is 31.7. The third-order valence-electron chi connectivity index (χ3n) is 6.57. The predicted octanol–water partition coefficient (Wildman–Crippen LogP) is 1.13. The number of hydrogen-bond donors (Lipinski definition) is 2. The molecule has 2 aliphatic carbocycles. The quantitative estimate of drug-likeness (QED) is 0.294. The summed E-state index contributed by atoms with van der Waals surface area (Å²) in [5.41, 5.74) is 0.973. The fraction of sp³-hybridized carbons (Fsp3) is 0.435. The van der Waals surface area contributed by atoms with Gasteiger partial charge in [-0.05, 0) is 37.3 Å². The minimum Gasteiger partial charge on any atom is -0.357 e. The summed E-state index contributed by atoms with van der Waals surface area (Å²) < 4.78 is 1.90. The average Bonchev–Trinajstić information content (AvgIpc) is 3.59. The fourth-order valence-electron chi connectivity index (χ4n) is 5.13. The van der Waals surface area contributed by atoms with Crippen molar-refractivity contribution in [3.63, 3.8) is 0 Å². The highest BCUT2D eigenvalue weighted by Crippen LogP contribution is 2.52. The Morgan fingerprint density at radius 3 is 2.50 bits per heavy atom. The number of nitrogens with one attached hydrogen (secondary N) is 2. The maximum atomic E-state index is 12.8. The van der Waals surface area contributed by atoms with Gasteiger partial charge in [0.05, 0.1) is 11.8 Å². The molecule has 1 aliphatic heterocycles. The van der Waals surface area contributed by atoms with Crippen molar-refractivity contribution in [2.75, 3.05) is 19.6 Å². The van der Waals surface area contributed by atoms with Crippen molar-refractivity contribution in [2.45, 2.75) is 19.9 Å². The molecule has 3 aliphatic rings. The number of amides is 2. The normalized spacial score (nSPS) is 26.2. The van der Waals surface area contributed by atoms with Crippen LogP contribution in [-0.4, -0.2) is 57.1 Å². The first kappa shape index (κ1) is 20.4. The average molecular weight is 434 g/mol. The molecule has 2 fully saturated rings. The Morgan fingerprint density at radius 1 is 1.09 bits per heavy atom. The van der Waals surface area contributed by atoms with Gasteiger partial charge in [-0.15, -0.1) is 10.2 Å². The second kappa shape index (κ2) is 8.57. The van der Waals surface area contributed by atoms with Crippen LogP contribution >= 0.6 is 0 Å². The highest BCUT2D eigenvalue weighted by Gasteiger charge is 2.58. The molecule has 1 aromatic carbocycles. The van der Waals surface area contributed by atoms with Crippen molar-refractivity contribution in [2.24, 2.45) is 28.7 Å². The van der Waals surface area contributed by atoms with Gasteiger partial charge < -0.3 is 10.6 Å². The smallest absolute Gasteiger partial charge is 0.233 e. The van der Waals surface area contributed by atoms with E-state index in [9.17, 15) is 9.59 Å². The van der Waals surface area contributed by atoms with Gasteiger partial charge >= 0.3 is 0 Å². The maximum Gasteiger partial charge on any atom is 0.233 e. The molecule has 166 valence electrons. The Labute approximate surface area is 186 Å². The van der Waals surface area contributed by atoms with Crippen molar-refractivity contribution >= 4 is 17.8 Å². The highest BCUT2D eigenvalue weighted by molar-refractivity contribution is 6.06. The number of nitrogens with zero attached hydrogens (tertiary/aromatic N) is 5. The minimum atomic E-state index is -0.149. The van der Waals surface area contributed by atoms with Crippen LogP contribution in [0.2, 0.25) is 0 Å². The topological polar surface area (TPSA) is 105 Å². The molecule has 1 saturated carbocycles. The van der Waals surface area contributed by atoms with E-state index in [1.807, 2.05) is 41.8 Å². The van der Waals surface area contributed by atoms with Crippen LogP contribution < -0.4 is 10.6 Å². The molecule has 2 aromatic rings. The van der Waals surface area contributed by atoms with E-state index < -0.39 is 0 Å². The molecular formula is C23H27N7O2. The number of allylic oxidation sites excluding steroid dienone is 2. The predicted molar refractivity (Wildman–Crippen MR) is 119 cm³/mol. The molecular weight excluding hydrogens is 406 g/mol. The van der Waals surface area contributed by atoms with Crippen LogP contribution in [0.5, 0.6) is 0 Å². The van der Waals surface area contributed by atoms with Gasteiger partial charge in [0, 0.05) is 25.3 Å². The molecule has 4 unspecified atom stereocenters. The molecule has 1 aromatic heterocycles. The number of carbonyl (C=O) groups is 2. The summed E-state index contributed by atoms with van der Waals surface area (Å²) in [5, 5.41) is 14.6. The van der Waals surface area contributed by atoms with E-state index in [0.717, 1.165) is 12.1 Å². The molecule has 5 rings (SSSR count). The van der Waals surface area contributed by atoms with Gasteiger partial charge in [0.1, 0.15) is 12.9 Å². The van der Waals surface area contributed by atoms with E-state index in [-0.39, 0.29) is 35.5 Å². The Balaban J connectivity index is 1.20. The van der Waals surface area contributed by atoms with Gasteiger partial charge in [0.25, 0.3) is 0 Å². The fourth-order valence-corrected chi connectivity index (χ4v) is 5.13. The lowest BCUT2D eigenvalue weighted by Gasteiger charge is -2.18. The summed E-state index contributed by atoms with van der Waals surface area (Å²) in [6.45, 7) is 3.80. The van der Waals surface area contributed by atoms with Crippen molar-refractivity contribution in [3.05, 3.63) is 54.6 Å². The molecule has 9 heteroatoms. The van der Waals surface area contributed by atoms with Crippen molar-refractivity contribution in [1.29, 1.82) is 0 Å². The third-order valence-corrected chi connectivity index (χ3v) is 6.57. The standard InChI is InChI=1S/C23H27N7O2/c1-2-24-23(26-13-18-28-27-14-30(18)17-6-4-3-5-7-17)25-10-11-29-21(31)19-15-8-9-16(12-15)20(19)22(29)32/h3-9,14-16,19-20H,2,10-13H2,1H3,(H2,24,25,26). The zero-order valence-corrected chi connectivity index (χ0v) is 18.0. The van der Waals surface area contributed by atoms with Gasteiger partial charge in [0.15, 0.2) is 11.8 Å². The molecule has 2 heterocycles. The SMILES string of the molecule is CCNC(=NCc1nncn1-c1ccccc1)NCCN1C(=O)C2C3C=CC(C3)C2C1=O. The van der Waals surface area contributed by atoms with Gasteiger partial charge in [-0.3, -0.25) is 19.1 Å². The van der Waals surface area contributed by atoms with Crippen molar-refractivity contribution < 1.29 is 9.59 Å². The van der Waals surface area contributed by atoms with Crippen LogP contribution in [0, 0.1) is 23.7 Å². The number of fused-ring (bicyclic) bond motifs is 5. The first-order valence-corrected chi connectivity index (χ1v) is 11.2. The molecule has 2 bridgehead atoms. The Hall–Kier alpha value is -3.49. The number of guanidine groups is 1. The summed E-state index contributed by atoms with van der Waals surface area (Å²) in [6.07, 6.45) is 6.85. The van der Waals surface area contributed by atoms with E-state index >= 15 is 0 Å². The number of hydrogen-bond acceptors (Lipinski definition) is 5. The number of benzene rings is 1. The Bertz CT molecular complexity index is 1030. The van der Waals surface area contributed by atoms with Crippen LogP contribution in [0.15, 0.2) is 53.8 Å². The number of carbonyl (C=O) groups excluding carboxylic acids is 2. The maximum absolute atomic E-state index is 12.8. The molecule has 9 nitrogen and oxygen atoms in total. The van der Waals surface area contributed by atoms with Crippen LogP contribution in [0.25, 0.3) is 5.69 Å². The first-order chi connectivity index (χ1) is 15.7. The van der Waals surface area contributed by atoms with Gasteiger partial charge in [0.2, 0.25) is 11.8 Å². The second-order valence-corrected chi connectivity index (χ2v) is 8.40. The number of aromatic nitrogens is 3. The summed E-state index contributed by atoms with van der Waals surface area (Å²) >= 11 is 0. The third kappa shape index (κ3) is 3.57. The first-order valence-electron chi connectivity index (χ1n) is 11.2. The molecule has 32 heavy (non-hydrogen) atoms. The molecule has 0 spiro atoms. The second-order valence-electron chi connectivity index (χ2n) is 8.40. The monoisotopic (exact) mass is 433 g/mol. The zero-order valence-electron chi connectivity index (χ0n) is 18.0. The molecule has 0 radical (unpaired) electrons. The lowest BCUT2D eigenvalue weighted by molar-refractivity contribution is -0.140. The van der Waals surface area contributed by atoms with E-state index in [1.165, 1.54) is 4.90 Å². The molecule has 2 N–H and O–H groups in total. The summed E-state index contributed by atoms with van der Waals surface area (Å²) in [7, 11) is 0. The van der Waals surface area contributed by atoms with Gasteiger partial charge in [-0.1, -0.05) is 30.4 Å². The minimum absolute atomic E-state index is 0.0171. The van der Waals surface area contributed by atoms with Crippen LogP contribution in [0.4, 0.5) is 0 Å². The van der Waals surface area contributed by atoms with E-state index in [2.05, 4.69) is 38.0 Å². The molecule has 1 saturated heterocycles. The summed E-state index contributed by atoms with van der Waals surface area (Å²) in [6, 6.07) is 9.86. The molecule has 4 atom stereocenters. The largest absolute Gasteiger partial charge is 0.357 e. The summed E-state index contributed by atoms with van der Waals surface area (Å²) in [5.74, 6) is 1.46. The van der Waals surface area contributed by atoms with Crippen LogP contribution in [0.3, 0.4) is 0 Å². The van der Waals surface area contributed by atoms with Gasteiger partial charge in [-0.2, -0.15) is 0 Å². The number of rotatable bonds is 7. The van der Waals surface area contributed by atoms with Gasteiger partial charge in [-0.25, -0.2) is 4.99 Å². The Kier molecular flexibility index (Phi) is 5.46. The number of para-hydroxylation sites is 1. The number of imide groups is 1. The van der Waals surface area contributed by atoms with E-state index in [1.54, 1.807) is 6.33 Å². The van der Waals surface area contributed by atoms with E-state index in [0.29, 0.717) is 38.0 Å². The Morgan fingerprint density at radius 2 is 1.81 bits per heavy atom. The highest BCUT2D eigenvalue weighted by atomic mass is 16.2. The molecule has 2 amide bonds. The zero-order chi connectivity index (χ0) is 22.1. The lowest BCUT2D eigenvalue weighted by atomic mass is 9.85. The number of aliphatic imine (C=N–C) groups is 1. The van der Waals surface area contributed by atoms with Crippen LogP contribution in [-0.2, 0) is 16.1 Å². The lowest BCUT2D eigenvalue weighted by Crippen LogP contribution is -2.43. The van der Waals surface area contributed by atoms with E-state index in [4.69, 9.17) is 0 Å².